The second-order valence-corrected chi connectivity index (χ2v) is 9.48. The zero-order valence-electron chi connectivity index (χ0n) is 16.5. The van der Waals surface area contributed by atoms with Gasteiger partial charge in [0.25, 0.3) is 0 Å². The van der Waals surface area contributed by atoms with E-state index in [1.807, 2.05) is 20.8 Å². The van der Waals surface area contributed by atoms with Gasteiger partial charge in [-0.15, -0.1) is 0 Å². The van der Waals surface area contributed by atoms with Gasteiger partial charge in [-0.2, -0.15) is 0 Å². The first-order valence-corrected chi connectivity index (χ1v) is 9.22. The smallest absolute Gasteiger partial charge is 0.326 e. The molecule has 142 valence electrons. The van der Waals surface area contributed by atoms with Crippen LogP contribution >= 0.6 is 0 Å². The second-order valence-electron chi connectivity index (χ2n) is 9.48. The van der Waals surface area contributed by atoms with Crippen LogP contribution in [0.2, 0.25) is 0 Å². The first-order chi connectivity index (χ1) is 11.5. The van der Waals surface area contributed by atoms with Gasteiger partial charge in [-0.1, -0.05) is 34.6 Å². The Bertz CT molecular complexity index is 582. The van der Waals surface area contributed by atoms with E-state index in [0.717, 1.165) is 19.3 Å². The molecular weight excluding hydrogens is 320 g/mol. The van der Waals surface area contributed by atoms with E-state index < -0.39 is 11.6 Å². The van der Waals surface area contributed by atoms with E-state index >= 15 is 0 Å². The fourth-order valence-corrected chi connectivity index (χ4v) is 5.56. The molecule has 3 amide bonds. The number of methoxy groups -OCH3 is 2. The fourth-order valence-electron chi connectivity index (χ4n) is 5.56. The molecule has 0 radical (unpaired) electrons. The molecule has 2 aliphatic carbocycles. The van der Waals surface area contributed by atoms with Crippen molar-refractivity contribution >= 4 is 11.9 Å². The van der Waals surface area contributed by atoms with E-state index in [1.54, 1.807) is 14.2 Å². The summed E-state index contributed by atoms with van der Waals surface area (Å²) in [6, 6.07) is -0.597. The van der Waals surface area contributed by atoms with Crippen LogP contribution < -0.4 is 5.32 Å². The molecule has 3 fully saturated rings. The van der Waals surface area contributed by atoms with Crippen molar-refractivity contribution in [1.82, 2.24) is 10.2 Å². The van der Waals surface area contributed by atoms with Crippen LogP contribution in [0.4, 0.5) is 4.79 Å². The molecule has 3 aliphatic rings. The summed E-state index contributed by atoms with van der Waals surface area (Å²) in [5, 5.41) is 2.96. The minimum absolute atomic E-state index is 0.138. The van der Waals surface area contributed by atoms with Crippen LogP contribution in [-0.4, -0.2) is 49.4 Å². The molecule has 5 atom stereocenters. The summed E-state index contributed by atoms with van der Waals surface area (Å²) in [6.07, 6.45) is 1.91. The second kappa shape index (κ2) is 5.68. The first kappa shape index (κ1) is 18.6. The number of nitrogens with zero attached hydrogens (tertiary/aromatic N) is 1. The lowest BCUT2D eigenvalue weighted by molar-refractivity contribution is -0.162. The van der Waals surface area contributed by atoms with Crippen molar-refractivity contribution in [2.45, 2.75) is 72.3 Å². The van der Waals surface area contributed by atoms with Gasteiger partial charge >= 0.3 is 6.03 Å². The Labute approximate surface area is 150 Å². The van der Waals surface area contributed by atoms with Crippen molar-refractivity contribution < 1.29 is 19.1 Å². The molecule has 1 saturated heterocycles. The summed E-state index contributed by atoms with van der Waals surface area (Å²) in [6.45, 7) is 10.4. The Hall–Kier alpha value is -1.14. The quantitative estimate of drug-likeness (QED) is 0.848. The highest BCUT2D eigenvalue weighted by Gasteiger charge is 2.70. The molecule has 6 nitrogen and oxygen atoms in total. The molecule has 6 heteroatoms. The topological polar surface area (TPSA) is 67.9 Å². The van der Waals surface area contributed by atoms with Crippen molar-refractivity contribution in [3.05, 3.63) is 0 Å². The average molecular weight is 352 g/mol. The number of nitrogens with one attached hydrogen (secondary N) is 1. The minimum atomic E-state index is -0.659. The summed E-state index contributed by atoms with van der Waals surface area (Å²) in [4.78, 5) is 27.9. The molecule has 25 heavy (non-hydrogen) atoms. The molecule has 1 N–H and O–H groups in total. The summed E-state index contributed by atoms with van der Waals surface area (Å²) >= 11 is 0. The van der Waals surface area contributed by atoms with Gasteiger partial charge in [0.15, 0.2) is 6.23 Å². The highest BCUT2D eigenvalue weighted by molar-refractivity contribution is 6.00. The zero-order chi connectivity index (χ0) is 18.8. The molecule has 2 saturated carbocycles. The van der Waals surface area contributed by atoms with Crippen LogP contribution in [0.5, 0.6) is 0 Å². The Balaban J connectivity index is 2.01. The predicted molar refractivity (Wildman–Crippen MR) is 93.8 cm³/mol. The third-order valence-corrected chi connectivity index (χ3v) is 7.20. The molecular formula is C19H32N2O4. The van der Waals surface area contributed by atoms with Gasteiger partial charge in [0, 0.05) is 14.2 Å². The number of imide groups is 1. The lowest BCUT2D eigenvalue weighted by Crippen LogP contribution is -2.57. The lowest BCUT2D eigenvalue weighted by Gasteiger charge is -2.43. The maximum atomic E-state index is 13.8. The largest absolute Gasteiger partial charge is 0.380 e. The average Bonchev–Trinajstić information content (AvgIpc) is 3.08. The maximum Gasteiger partial charge on any atom is 0.326 e. The molecule has 0 unspecified atom stereocenters. The highest BCUT2D eigenvalue weighted by Crippen LogP contribution is 2.67. The van der Waals surface area contributed by atoms with Crippen LogP contribution in [-0.2, 0) is 14.3 Å². The fraction of sp³-hybridized carbons (Fsp3) is 0.895. The maximum absolute atomic E-state index is 13.8. The van der Waals surface area contributed by atoms with Gasteiger partial charge in [-0.3, -0.25) is 4.79 Å². The molecule has 2 bridgehead atoms. The van der Waals surface area contributed by atoms with E-state index in [0.29, 0.717) is 5.92 Å². The summed E-state index contributed by atoms with van der Waals surface area (Å²) < 4.78 is 11.4. The lowest BCUT2D eigenvalue weighted by atomic mass is 9.67. The highest BCUT2D eigenvalue weighted by atomic mass is 16.5. The van der Waals surface area contributed by atoms with Gasteiger partial charge in [-0.25, -0.2) is 9.69 Å². The SMILES string of the molecule is CO[C@H]1[C@H](C(C)(C)C)NC(=O)N1C(=O)[C@]12CC[C@H](C[C@H]1OC)C2(C)C. The molecule has 3 rings (SSSR count). The number of amides is 3. The predicted octanol–water partition coefficient (Wildman–Crippen LogP) is 2.77. The number of fused-ring (bicyclic) bond motifs is 2. The molecule has 0 aromatic carbocycles. The number of hydrogen-bond donors (Lipinski definition) is 1. The van der Waals surface area contributed by atoms with E-state index in [1.165, 1.54) is 4.90 Å². The Kier molecular flexibility index (Phi) is 4.24. The molecule has 0 aromatic rings. The van der Waals surface area contributed by atoms with Gasteiger partial charge in [-0.05, 0) is 36.0 Å². The molecule has 1 heterocycles. The van der Waals surface area contributed by atoms with Crippen molar-refractivity contribution in [3.8, 4) is 0 Å². The standard InChI is InChI=1S/C19H32N2O4/c1-17(2,3)13-14(25-7)21(16(23)20-13)15(22)19-9-8-11(18(19,4)5)10-12(19)24-6/h11-14H,8-10H2,1-7H3,(H,20,23)/t11-,12-,13-,14+,19+/m1/s1. The number of rotatable bonds is 3. The third-order valence-electron chi connectivity index (χ3n) is 7.20. The van der Waals surface area contributed by atoms with Gasteiger partial charge in [0.05, 0.1) is 17.6 Å². The summed E-state index contributed by atoms with van der Waals surface area (Å²) in [5.74, 6) is 0.312. The number of ether oxygens (including phenoxy) is 2. The van der Waals surface area contributed by atoms with Gasteiger partial charge in [0.2, 0.25) is 5.91 Å². The van der Waals surface area contributed by atoms with Crippen LogP contribution in [0.3, 0.4) is 0 Å². The normalized spacial score (nSPS) is 39.8. The third kappa shape index (κ3) is 2.29. The van der Waals surface area contributed by atoms with E-state index in [2.05, 4.69) is 19.2 Å². The van der Waals surface area contributed by atoms with Crippen LogP contribution in [0.1, 0.15) is 53.9 Å². The number of hydrogen-bond acceptors (Lipinski definition) is 4. The van der Waals surface area contributed by atoms with Crippen molar-refractivity contribution in [2.24, 2.45) is 22.2 Å². The molecule has 0 spiro atoms. The minimum Gasteiger partial charge on any atom is -0.380 e. The Morgan fingerprint density at radius 1 is 1.24 bits per heavy atom. The first-order valence-electron chi connectivity index (χ1n) is 9.22. The number of carbonyl (C=O) groups excluding carboxylic acids is 2. The monoisotopic (exact) mass is 352 g/mol. The van der Waals surface area contributed by atoms with Crippen LogP contribution in [0, 0.1) is 22.2 Å². The van der Waals surface area contributed by atoms with Crippen molar-refractivity contribution in [2.75, 3.05) is 14.2 Å². The van der Waals surface area contributed by atoms with Crippen molar-refractivity contribution in [3.63, 3.8) is 0 Å². The zero-order valence-corrected chi connectivity index (χ0v) is 16.5. The van der Waals surface area contributed by atoms with E-state index in [-0.39, 0.29) is 34.9 Å². The summed E-state index contributed by atoms with van der Waals surface area (Å²) in [7, 11) is 3.24. The number of urea groups is 1. The van der Waals surface area contributed by atoms with Crippen LogP contribution in [0.25, 0.3) is 0 Å². The Morgan fingerprint density at radius 3 is 2.36 bits per heavy atom. The van der Waals surface area contributed by atoms with Gasteiger partial charge in [0.1, 0.15) is 0 Å². The van der Waals surface area contributed by atoms with Crippen LogP contribution in [0.15, 0.2) is 0 Å². The van der Waals surface area contributed by atoms with Crippen molar-refractivity contribution in [1.29, 1.82) is 0 Å². The van der Waals surface area contributed by atoms with E-state index in [9.17, 15) is 9.59 Å². The van der Waals surface area contributed by atoms with Gasteiger partial charge < -0.3 is 14.8 Å². The summed E-state index contributed by atoms with van der Waals surface area (Å²) in [5.41, 5.74) is -1.07. The Morgan fingerprint density at radius 2 is 1.88 bits per heavy atom. The molecule has 1 aliphatic heterocycles. The van der Waals surface area contributed by atoms with E-state index in [4.69, 9.17) is 9.47 Å². The molecule has 0 aromatic heterocycles. The number of carbonyl (C=O) groups is 2.